The van der Waals surface area contributed by atoms with Crippen LogP contribution in [0.5, 0.6) is 0 Å². The number of carbonyl (C=O) groups excluding carboxylic acids is 2. The highest BCUT2D eigenvalue weighted by Crippen LogP contribution is 2.37. The smallest absolute Gasteiger partial charge is 0.315 e. The quantitative estimate of drug-likeness (QED) is 0.487. The van der Waals surface area contributed by atoms with Crippen molar-refractivity contribution in [3.63, 3.8) is 0 Å². The van der Waals surface area contributed by atoms with Crippen molar-refractivity contribution in [2.24, 2.45) is 0 Å². The highest BCUT2D eigenvalue weighted by molar-refractivity contribution is 6.09. The molecule has 2 aromatic rings. The highest BCUT2D eigenvalue weighted by atomic mass is 16.6. The van der Waals surface area contributed by atoms with Crippen LogP contribution in [0.15, 0.2) is 42.5 Å². The average Bonchev–Trinajstić information content (AvgIpc) is 3.00. The van der Waals surface area contributed by atoms with Gasteiger partial charge in [-0.05, 0) is 24.6 Å². The van der Waals surface area contributed by atoms with E-state index in [1.165, 1.54) is 18.1 Å². The molecule has 1 heterocycles. The summed E-state index contributed by atoms with van der Waals surface area (Å²) in [7, 11) is 1.30. The Morgan fingerprint density at radius 1 is 1.24 bits per heavy atom. The maximum absolute atomic E-state index is 12.9. The number of methoxy groups -OCH3 is 1. The van der Waals surface area contributed by atoms with Crippen molar-refractivity contribution < 1.29 is 19.2 Å². The zero-order valence-corrected chi connectivity index (χ0v) is 13.8. The summed E-state index contributed by atoms with van der Waals surface area (Å²) in [6.45, 7) is 1.76. The number of esters is 1. The number of rotatable bonds is 3. The third-order valence-electron chi connectivity index (χ3n) is 4.35. The summed E-state index contributed by atoms with van der Waals surface area (Å²) < 4.78 is 4.82. The second-order valence-electron chi connectivity index (χ2n) is 5.81. The van der Waals surface area contributed by atoms with Crippen LogP contribution in [-0.2, 0) is 9.53 Å². The molecule has 0 aliphatic carbocycles. The van der Waals surface area contributed by atoms with Crippen molar-refractivity contribution >= 4 is 23.3 Å². The Labute approximate surface area is 144 Å². The van der Waals surface area contributed by atoms with Gasteiger partial charge in [0.25, 0.3) is 11.6 Å². The molecule has 3 rings (SSSR count). The van der Waals surface area contributed by atoms with E-state index in [4.69, 9.17) is 4.74 Å². The first-order valence-electron chi connectivity index (χ1n) is 7.67. The van der Waals surface area contributed by atoms with Gasteiger partial charge in [-0.15, -0.1) is 0 Å². The van der Waals surface area contributed by atoms with Gasteiger partial charge >= 0.3 is 5.97 Å². The van der Waals surface area contributed by atoms with E-state index in [1.807, 2.05) is 0 Å². The van der Waals surface area contributed by atoms with Gasteiger partial charge in [0.2, 0.25) is 0 Å². The van der Waals surface area contributed by atoms with Crippen LogP contribution in [0.1, 0.15) is 27.4 Å². The third-order valence-corrected chi connectivity index (χ3v) is 4.35. The number of ether oxygens (including phenoxy) is 1. The minimum atomic E-state index is -0.564. The van der Waals surface area contributed by atoms with E-state index in [0.717, 1.165) is 0 Å². The summed E-state index contributed by atoms with van der Waals surface area (Å²) in [4.78, 5) is 37.0. The molecule has 0 radical (unpaired) electrons. The molecule has 128 valence electrons. The minimum absolute atomic E-state index is 0.108. The Balaban J connectivity index is 2.00. The van der Waals surface area contributed by atoms with Crippen LogP contribution in [0.4, 0.5) is 11.4 Å². The molecule has 0 N–H and O–H groups in total. The van der Waals surface area contributed by atoms with Gasteiger partial charge in [-0.3, -0.25) is 19.7 Å². The summed E-state index contributed by atoms with van der Waals surface area (Å²) in [5, 5.41) is 11.1. The molecule has 1 aliphatic rings. The number of aryl methyl sites for hydroxylation is 1. The molecule has 2 aromatic carbocycles. The van der Waals surface area contributed by atoms with Gasteiger partial charge in [0.15, 0.2) is 0 Å². The van der Waals surface area contributed by atoms with Crippen molar-refractivity contribution in [2.45, 2.75) is 12.8 Å². The third kappa shape index (κ3) is 2.84. The van der Waals surface area contributed by atoms with Crippen molar-refractivity contribution in [3.05, 3.63) is 69.3 Å². The lowest BCUT2D eigenvalue weighted by atomic mass is 10.0. The summed E-state index contributed by atoms with van der Waals surface area (Å²) in [5.41, 5.74) is 1.91. The van der Waals surface area contributed by atoms with E-state index < -0.39 is 16.8 Å². The molecule has 25 heavy (non-hydrogen) atoms. The molecule has 0 fully saturated rings. The van der Waals surface area contributed by atoms with E-state index in [0.29, 0.717) is 16.8 Å². The van der Waals surface area contributed by atoms with Crippen LogP contribution in [-0.4, -0.2) is 30.5 Å². The molecule has 1 aliphatic heterocycles. The number of fused-ring (bicyclic) bond motifs is 1. The largest absolute Gasteiger partial charge is 0.468 e. The fourth-order valence-corrected chi connectivity index (χ4v) is 3.04. The Morgan fingerprint density at radius 3 is 2.64 bits per heavy atom. The van der Waals surface area contributed by atoms with Crippen LogP contribution in [0.2, 0.25) is 0 Å². The second-order valence-corrected chi connectivity index (χ2v) is 5.81. The molecule has 1 atom stereocenters. The predicted molar refractivity (Wildman–Crippen MR) is 90.7 cm³/mol. The molecule has 0 saturated carbocycles. The number of para-hydroxylation sites is 1. The first kappa shape index (κ1) is 16.6. The first-order chi connectivity index (χ1) is 11.9. The van der Waals surface area contributed by atoms with Gasteiger partial charge in [-0.2, -0.15) is 0 Å². The summed E-state index contributed by atoms with van der Waals surface area (Å²) in [6.07, 6.45) is 0. The van der Waals surface area contributed by atoms with Gasteiger partial charge < -0.3 is 9.64 Å². The van der Waals surface area contributed by atoms with Gasteiger partial charge in [-0.1, -0.05) is 24.3 Å². The van der Waals surface area contributed by atoms with Crippen LogP contribution in [0.3, 0.4) is 0 Å². The number of nitrogens with zero attached hydrogens (tertiary/aromatic N) is 2. The summed E-state index contributed by atoms with van der Waals surface area (Å²) in [5.74, 6) is -1.37. The number of benzene rings is 2. The normalized spacial score (nSPS) is 15.6. The molecular weight excluding hydrogens is 324 g/mol. The second kappa shape index (κ2) is 6.35. The fourth-order valence-electron chi connectivity index (χ4n) is 3.04. The molecular formula is C18H16N2O5. The number of nitro benzene ring substituents is 1. The molecule has 7 nitrogen and oxygen atoms in total. The Kier molecular flexibility index (Phi) is 4.22. The number of hydrogen-bond acceptors (Lipinski definition) is 5. The summed E-state index contributed by atoms with van der Waals surface area (Å²) in [6, 6.07) is 11.5. The van der Waals surface area contributed by atoms with E-state index >= 15 is 0 Å². The van der Waals surface area contributed by atoms with Crippen molar-refractivity contribution in [1.82, 2.24) is 0 Å². The lowest BCUT2D eigenvalue weighted by Gasteiger charge is -2.17. The Bertz CT molecular complexity index is 878. The van der Waals surface area contributed by atoms with Gasteiger partial charge in [-0.25, -0.2) is 0 Å². The summed E-state index contributed by atoms with van der Waals surface area (Å²) >= 11 is 0. The predicted octanol–water partition coefficient (Wildman–Crippen LogP) is 2.82. The average molecular weight is 340 g/mol. The zero-order chi connectivity index (χ0) is 18.1. The van der Waals surface area contributed by atoms with E-state index in [-0.39, 0.29) is 23.7 Å². The monoisotopic (exact) mass is 340 g/mol. The highest BCUT2D eigenvalue weighted by Gasteiger charge is 2.37. The molecule has 0 spiro atoms. The molecule has 0 bridgehead atoms. The van der Waals surface area contributed by atoms with Crippen molar-refractivity contribution in [1.29, 1.82) is 0 Å². The molecule has 0 saturated heterocycles. The number of nitro groups is 1. The van der Waals surface area contributed by atoms with Gasteiger partial charge in [0, 0.05) is 29.4 Å². The van der Waals surface area contributed by atoms with Crippen LogP contribution in [0, 0.1) is 17.0 Å². The van der Waals surface area contributed by atoms with Crippen LogP contribution < -0.4 is 4.90 Å². The molecule has 1 unspecified atom stereocenters. The molecule has 1 amide bonds. The number of amides is 1. The van der Waals surface area contributed by atoms with Crippen LogP contribution in [0.25, 0.3) is 0 Å². The maximum atomic E-state index is 12.9. The molecule has 7 heteroatoms. The topological polar surface area (TPSA) is 89.8 Å². The number of carbonyl (C=O) groups is 2. The van der Waals surface area contributed by atoms with Gasteiger partial charge in [0.1, 0.15) is 5.92 Å². The SMILES string of the molecule is COC(=O)C1CN(C(=O)c2ccc(C)c([N+](=O)[O-])c2)c2ccccc21. The zero-order valence-electron chi connectivity index (χ0n) is 13.8. The number of hydrogen-bond donors (Lipinski definition) is 0. The van der Waals surface area contributed by atoms with Crippen molar-refractivity contribution in [2.75, 3.05) is 18.6 Å². The first-order valence-corrected chi connectivity index (χ1v) is 7.67. The maximum Gasteiger partial charge on any atom is 0.315 e. The minimum Gasteiger partial charge on any atom is -0.468 e. The number of anilines is 1. The van der Waals surface area contributed by atoms with E-state index in [2.05, 4.69) is 0 Å². The van der Waals surface area contributed by atoms with Crippen molar-refractivity contribution in [3.8, 4) is 0 Å². The van der Waals surface area contributed by atoms with Crippen LogP contribution >= 0.6 is 0 Å². The Morgan fingerprint density at radius 2 is 1.96 bits per heavy atom. The Hall–Kier alpha value is -3.22. The lowest BCUT2D eigenvalue weighted by Crippen LogP contribution is -2.31. The van der Waals surface area contributed by atoms with Gasteiger partial charge in [0.05, 0.1) is 12.0 Å². The lowest BCUT2D eigenvalue weighted by molar-refractivity contribution is -0.385. The van der Waals surface area contributed by atoms with E-state index in [1.54, 1.807) is 43.3 Å². The molecule has 0 aromatic heterocycles. The van der Waals surface area contributed by atoms with E-state index in [9.17, 15) is 19.7 Å². The fraction of sp³-hybridized carbons (Fsp3) is 0.222. The standard InChI is InChI=1S/C18H16N2O5/c1-11-7-8-12(9-16(11)20(23)24)17(21)19-10-14(18(22)25-2)13-5-3-4-6-15(13)19/h3-9,14H,10H2,1-2H3.